The van der Waals surface area contributed by atoms with E-state index in [1.165, 1.54) is 0 Å². The summed E-state index contributed by atoms with van der Waals surface area (Å²) in [7, 11) is 0. The Morgan fingerprint density at radius 3 is 2.77 bits per heavy atom. The first-order valence-corrected chi connectivity index (χ1v) is 10.3. The summed E-state index contributed by atoms with van der Waals surface area (Å²) in [6, 6.07) is 8.02. The predicted octanol–water partition coefficient (Wildman–Crippen LogP) is 6.08. The van der Waals surface area contributed by atoms with E-state index in [1.807, 2.05) is 25.1 Å². The third-order valence-electron chi connectivity index (χ3n) is 5.21. The average molecular weight is 405 g/mol. The molecule has 4 rings (SSSR count). The molecule has 0 saturated carbocycles. The summed E-state index contributed by atoms with van der Waals surface area (Å²) in [5.74, 6) is 3.29. The van der Waals surface area contributed by atoms with Gasteiger partial charge in [0.15, 0.2) is 0 Å². The van der Waals surface area contributed by atoms with Crippen molar-refractivity contribution >= 4 is 17.7 Å². The van der Waals surface area contributed by atoms with Gasteiger partial charge in [0.05, 0.1) is 12.2 Å². The quantitative estimate of drug-likeness (QED) is 0.547. The molecule has 0 N–H and O–H groups in total. The largest absolute Gasteiger partial charge is 0.494 e. The van der Waals surface area contributed by atoms with E-state index in [0.717, 1.165) is 50.8 Å². The zero-order valence-electron chi connectivity index (χ0n) is 18.1. The zero-order chi connectivity index (χ0) is 21.3. The Morgan fingerprint density at radius 2 is 2.00 bits per heavy atom. The Morgan fingerprint density at radius 1 is 1.17 bits per heavy atom. The van der Waals surface area contributed by atoms with Crippen molar-refractivity contribution in [3.63, 3.8) is 0 Å². The van der Waals surface area contributed by atoms with Crippen molar-refractivity contribution in [1.29, 1.82) is 0 Å². The molecule has 0 unspecified atom stereocenters. The Bertz CT molecular complexity index is 1040. The third-order valence-corrected chi connectivity index (χ3v) is 5.21. The minimum Gasteiger partial charge on any atom is -0.494 e. The summed E-state index contributed by atoms with van der Waals surface area (Å²) >= 11 is 0. The van der Waals surface area contributed by atoms with Gasteiger partial charge in [0.25, 0.3) is 0 Å². The molecule has 156 valence electrons. The molecule has 0 bridgehead atoms. The van der Waals surface area contributed by atoms with Gasteiger partial charge in [0, 0.05) is 22.8 Å². The van der Waals surface area contributed by atoms with Crippen molar-refractivity contribution in [1.82, 2.24) is 0 Å². The van der Waals surface area contributed by atoms with E-state index in [9.17, 15) is 0 Å². The number of ether oxygens (including phenoxy) is 4. The minimum atomic E-state index is -0.316. The number of fused-ring (bicyclic) bond motifs is 3. The van der Waals surface area contributed by atoms with Gasteiger partial charge in [-0.25, -0.2) is 0 Å². The van der Waals surface area contributed by atoms with Gasteiger partial charge in [-0.05, 0) is 69.7 Å². The fraction of sp³-hybridized carbons (Fsp3) is 0.308. The van der Waals surface area contributed by atoms with Crippen molar-refractivity contribution < 1.29 is 18.9 Å². The molecule has 0 spiro atoms. The number of benzene rings is 2. The molecule has 2 heterocycles. The van der Waals surface area contributed by atoms with Gasteiger partial charge in [-0.1, -0.05) is 12.7 Å². The molecular weight excluding hydrogens is 376 g/mol. The molecule has 4 nitrogen and oxygen atoms in total. The van der Waals surface area contributed by atoms with E-state index in [4.69, 9.17) is 18.9 Å². The fourth-order valence-corrected chi connectivity index (χ4v) is 3.78. The normalized spacial score (nSPS) is 15.8. The standard InChI is InChI=1S/C26H28O4/c1-6-12-28-23-15-19(27-7-2)8-9-20(23)18-14-22-17(3)13-24-21(25(22)29-16-18)10-11-26(4,5)30-24/h6,8-11,13-15H,1,7,12,16H2,2-5H3. The Labute approximate surface area is 178 Å². The molecule has 0 radical (unpaired) electrons. The van der Waals surface area contributed by atoms with Crippen LogP contribution in [0.4, 0.5) is 0 Å². The molecule has 0 fully saturated rings. The molecule has 0 atom stereocenters. The van der Waals surface area contributed by atoms with Crippen molar-refractivity contribution in [3.8, 4) is 23.0 Å². The maximum Gasteiger partial charge on any atom is 0.138 e. The number of rotatable bonds is 6. The fourth-order valence-electron chi connectivity index (χ4n) is 3.78. The van der Waals surface area contributed by atoms with Crippen LogP contribution < -0.4 is 18.9 Å². The average Bonchev–Trinajstić information content (AvgIpc) is 2.71. The monoisotopic (exact) mass is 404 g/mol. The molecule has 0 aromatic heterocycles. The number of hydrogen-bond acceptors (Lipinski definition) is 4. The molecule has 2 aromatic rings. The highest BCUT2D eigenvalue weighted by molar-refractivity contribution is 5.91. The van der Waals surface area contributed by atoms with Gasteiger partial charge < -0.3 is 18.9 Å². The molecule has 30 heavy (non-hydrogen) atoms. The van der Waals surface area contributed by atoms with Crippen LogP contribution in [0.1, 0.15) is 43.0 Å². The van der Waals surface area contributed by atoms with Gasteiger partial charge >= 0.3 is 0 Å². The molecule has 0 amide bonds. The van der Waals surface area contributed by atoms with Crippen molar-refractivity contribution in [2.24, 2.45) is 0 Å². The molecular formula is C26H28O4. The Hall–Kier alpha value is -3.14. The van der Waals surface area contributed by atoms with E-state index in [-0.39, 0.29) is 5.60 Å². The van der Waals surface area contributed by atoms with Crippen LogP contribution in [0, 0.1) is 6.92 Å². The van der Waals surface area contributed by atoms with Crippen molar-refractivity contribution in [2.45, 2.75) is 33.3 Å². The number of aryl methyl sites for hydroxylation is 1. The Kier molecular flexibility index (Phi) is 5.33. The van der Waals surface area contributed by atoms with Crippen LogP contribution in [-0.2, 0) is 0 Å². The lowest BCUT2D eigenvalue weighted by atomic mass is 9.92. The lowest BCUT2D eigenvalue weighted by molar-refractivity contribution is 0.158. The van der Waals surface area contributed by atoms with Crippen LogP contribution >= 0.6 is 0 Å². The van der Waals surface area contributed by atoms with Gasteiger partial charge in [0.1, 0.15) is 41.8 Å². The predicted molar refractivity (Wildman–Crippen MR) is 122 cm³/mol. The topological polar surface area (TPSA) is 36.9 Å². The summed E-state index contributed by atoms with van der Waals surface area (Å²) < 4.78 is 24.0. The molecule has 2 aliphatic rings. The highest BCUT2D eigenvalue weighted by Crippen LogP contribution is 2.45. The molecule has 2 aliphatic heterocycles. The van der Waals surface area contributed by atoms with Crippen LogP contribution in [0.2, 0.25) is 0 Å². The Balaban J connectivity index is 1.77. The van der Waals surface area contributed by atoms with E-state index < -0.39 is 0 Å². The van der Waals surface area contributed by atoms with Crippen LogP contribution in [0.3, 0.4) is 0 Å². The molecule has 0 aliphatic carbocycles. The van der Waals surface area contributed by atoms with Crippen LogP contribution in [-0.4, -0.2) is 25.4 Å². The van der Waals surface area contributed by atoms with Gasteiger partial charge in [0.2, 0.25) is 0 Å². The second-order valence-corrected chi connectivity index (χ2v) is 8.04. The summed E-state index contributed by atoms with van der Waals surface area (Å²) in [4.78, 5) is 0. The first-order valence-electron chi connectivity index (χ1n) is 10.3. The highest BCUT2D eigenvalue weighted by Gasteiger charge is 2.28. The second-order valence-electron chi connectivity index (χ2n) is 8.04. The van der Waals surface area contributed by atoms with E-state index in [2.05, 4.69) is 51.6 Å². The van der Waals surface area contributed by atoms with Crippen LogP contribution in [0.25, 0.3) is 17.7 Å². The van der Waals surface area contributed by atoms with Gasteiger partial charge in [-0.3, -0.25) is 0 Å². The van der Waals surface area contributed by atoms with E-state index in [0.29, 0.717) is 19.8 Å². The summed E-state index contributed by atoms with van der Waals surface area (Å²) in [6.45, 7) is 13.4. The molecule has 4 heteroatoms. The maximum atomic E-state index is 6.27. The smallest absolute Gasteiger partial charge is 0.138 e. The molecule has 0 saturated heterocycles. The highest BCUT2D eigenvalue weighted by atomic mass is 16.5. The lowest BCUT2D eigenvalue weighted by Gasteiger charge is -2.31. The van der Waals surface area contributed by atoms with Crippen molar-refractivity contribution in [3.05, 3.63) is 65.3 Å². The van der Waals surface area contributed by atoms with Crippen LogP contribution in [0.5, 0.6) is 23.0 Å². The van der Waals surface area contributed by atoms with Gasteiger partial charge in [-0.2, -0.15) is 0 Å². The SMILES string of the molecule is C=CCOc1cc(OCC)ccc1C1=Cc2c(C)cc3c(c2OC1)C=CC(C)(C)O3. The summed E-state index contributed by atoms with van der Waals surface area (Å²) in [6.07, 6.45) is 8.10. The summed E-state index contributed by atoms with van der Waals surface area (Å²) in [5.41, 5.74) is 4.94. The minimum absolute atomic E-state index is 0.316. The summed E-state index contributed by atoms with van der Waals surface area (Å²) in [5, 5.41) is 0. The number of hydrogen-bond donors (Lipinski definition) is 0. The van der Waals surface area contributed by atoms with Crippen LogP contribution in [0.15, 0.2) is 43.0 Å². The van der Waals surface area contributed by atoms with E-state index in [1.54, 1.807) is 6.08 Å². The zero-order valence-corrected chi connectivity index (χ0v) is 18.1. The first kappa shape index (κ1) is 20.1. The first-order chi connectivity index (χ1) is 14.4. The van der Waals surface area contributed by atoms with E-state index >= 15 is 0 Å². The maximum absolute atomic E-state index is 6.27. The third kappa shape index (κ3) is 3.82. The van der Waals surface area contributed by atoms with Gasteiger partial charge in [-0.15, -0.1) is 0 Å². The second kappa shape index (κ2) is 7.94. The molecule has 2 aromatic carbocycles. The lowest BCUT2D eigenvalue weighted by Crippen LogP contribution is -2.28. The van der Waals surface area contributed by atoms with Crippen molar-refractivity contribution in [2.75, 3.05) is 19.8 Å².